The number of hydrogen-bond acceptors (Lipinski definition) is 5. The van der Waals surface area contributed by atoms with Crippen molar-refractivity contribution < 1.29 is 14.1 Å². The number of nitrogens with zero attached hydrogens (tertiary/aromatic N) is 3. The summed E-state index contributed by atoms with van der Waals surface area (Å²) >= 11 is 0. The normalized spacial score (nSPS) is 11.0. The van der Waals surface area contributed by atoms with Crippen LogP contribution in [0.3, 0.4) is 0 Å². The van der Waals surface area contributed by atoms with Crippen LogP contribution in [0.2, 0.25) is 0 Å². The van der Waals surface area contributed by atoms with Crippen molar-refractivity contribution >= 4 is 22.7 Å². The Kier molecular flexibility index (Phi) is 6.32. The summed E-state index contributed by atoms with van der Waals surface area (Å²) in [6.45, 7) is 5.80. The van der Waals surface area contributed by atoms with E-state index in [9.17, 15) is 19.7 Å². The second-order valence-corrected chi connectivity index (χ2v) is 5.86. The Labute approximate surface area is 145 Å². The zero-order valence-corrected chi connectivity index (χ0v) is 14.6. The molecule has 0 fully saturated rings. The Morgan fingerprint density at radius 3 is 2.72 bits per heavy atom. The average Bonchev–Trinajstić information content (AvgIpc) is 2.90. The summed E-state index contributed by atoms with van der Waals surface area (Å²) in [6.07, 6.45) is 2.87. The Bertz CT molecular complexity index is 808. The van der Waals surface area contributed by atoms with Gasteiger partial charge in [-0.1, -0.05) is 13.3 Å². The third-order valence-corrected chi connectivity index (χ3v) is 4.15. The average molecular weight is 349 g/mol. The molecule has 1 aromatic carbocycles. The molecular weight excluding hydrogens is 326 g/mol. The predicted molar refractivity (Wildman–Crippen MR) is 93.5 cm³/mol. The highest BCUT2D eigenvalue weighted by atomic mass is 16.6. The van der Waals surface area contributed by atoms with Gasteiger partial charge in [0.05, 0.1) is 16.5 Å². The van der Waals surface area contributed by atoms with Crippen LogP contribution in [-0.2, 0) is 11.3 Å². The molecule has 0 aliphatic heterocycles. The third kappa shape index (κ3) is 4.46. The van der Waals surface area contributed by atoms with Gasteiger partial charge in [-0.05, 0) is 25.8 Å². The number of aryl methyl sites for hydroxylation is 1. The topological polar surface area (TPSA) is 98.6 Å². The predicted octanol–water partition coefficient (Wildman–Crippen LogP) is 2.93. The van der Waals surface area contributed by atoms with Crippen LogP contribution in [-0.4, -0.2) is 33.4 Å². The lowest BCUT2D eigenvalue weighted by atomic mass is 10.2. The van der Waals surface area contributed by atoms with E-state index in [-0.39, 0.29) is 17.2 Å². The summed E-state index contributed by atoms with van der Waals surface area (Å²) in [5, 5.41) is 10.8. The fourth-order valence-corrected chi connectivity index (χ4v) is 2.74. The first-order valence-corrected chi connectivity index (χ1v) is 8.53. The molecule has 0 aliphatic carbocycles. The van der Waals surface area contributed by atoms with Gasteiger partial charge >= 0.3 is 5.76 Å². The number of benzene rings is 1. The van der Waals surface area contributed by atoms with Crippen molar-refractivity contribution in [1.82, 2.24) is 9.47 Å². The van der Waals surface area contributed by atoms with Crippen molar-refractivity contribution in [1.29, 1.82) is 0 Å². The van der Waals surface area contributed by atoms with Crippen molar-refractivity contribution in [2.75, 3.05) is 13.1 Å². The molecule has 2 aromatic rings. The van der Waals surface area contributed by atoms with E-state index in [0.29, 0.717) is 31.4 Å². The second kappa shape index (κ2) is 8.46. The Morgan fingerprint density at radius 2 is 2.08 bits per heavy atom. The zero-order valence-electron chi connectivity index (χ0n) is 14.6. The first-order valence-electron chi connectivity index (χ1n) is 8.53. The monoisotopic (exact) mass is 349 g/mol. The fraction of sp³-hybridized carbons (Fsp3) is 0.529. The number of unbranched alkanes of at least 4 members (excludes halogenated alkanes) is 1. The standard InChI is InChI=1S/C17H23N3O5/c1-3-5-10-18(4-2)16(21)7-6-11-19-14-9-8-13(20(23)24)12-15(14)25-17(19)22/h8-9,12H,3-7,10-11H2,1-2H3. The van der Waals surface area contributed by atoms with Gasteiger partial charge in [-0.3, -0.25) is 19.5 Å². The molecule has 1 aromatic heterocycles. The molecule has 8 heteroatoms. The number of carbonyl (C=O) groups excluding carboxylic acids is 1. The summed E-state index contributed by atoms with van der Waals surface area (Å²) in [7, 11) is 0. The lowest BCUT2D eigenvalue weighted by molar-refractivity contribution is -0.384. The minimum absolute atomic E-state index is 0.0763. The summed E-state index contributed by atoms with van der Waals surface area (Å²) in [5.41, 5.74) is 0.558. The van der Waals surface area contributed by atoms with Gasteiger partial charge in [0.1, 0.15) is 0 Å². The molecule has 136 valence electrons. The van der Waals surface area contributed by atoms with Crippen LogP contribution in [0, 0.1) is 10.1 Å². The second-order valence-electron chi connectivity index (χ2n) is 5.86. The minimum Gasteiger partial charge on any atom is -0.407 e. The minimum atomic E-state index is -0.568. The van der Waals surface area contributed by atoms with Gasteiger partial charge in [0, 0.05) is 32.1 Å². The van der Waals surface area contributed by atoms with Gasteiger partial charge in [-0.15, -0.1) is 0 Å². The number of nitro groups is 1. The van der Waals surface area contributed by atoms with E-state index >= 15 is 0 Å². The van der Waals surface area contributed by atoms with Crippen LogP contribution in [0.25, 0.3) is 11.1 Å². The molecule has 0 aliphatic rings. The van der Waals surface area contributed by atoms with Crippen LogP contribution < -0.4 is 5.76 Å². The molecule has 0 unspecified atom stereocenters. The van der Waals surface area contributed by atoms with Gasteiger partial charge in [0.2, 0.25) is 5.91 Å². The first kappa shape index (κ1) is 18.7. The Morgan fingerprint density at radius 1 is 1.32 bits per heavy atom. The van der Waals surface area contributed by atoms with Crippen LogP contribution in [0.4, 0.5) is 5.69 Å². The number of oxazole rings is 1. The zero-order chi connectivity index (χ0) is 18.4. The molecule has 0 atom stereocenters. The molecule has 1 amide bonds. The summed E-state index contributed by atoms with van der Waals surface area (Å²) in [4.78, 5) is 36.2. The van der Waals surface area contributed by atoms with Crippen molar-refractivity contribution in [3.63, 3.8) is 0 Å². The fourth-order valence-electron chi connectivity index (χ4n) is 2.74. The summed E-state index contributed by atoms with van der Waals surface area (Å²) in [6, 6.07) is 4.07. The van der Waals surface area contributed by atoms with E-state index in [1.54, 1.807) is 0 Å². The third-order valence-electron chi connectivity index (χ3n) is 4.15. The highest BCUT2D eigenvalue weighted by Crippen LogP contribution is 2.20. The molecule has 8 nitrogen and oxygen atoms in total. The molecule has 0 N–H and O–H groups in total. The van der Waals surface area contributed by atoms with Crippen molar-refractivity contribution in [2.24, 2.45) is 0 Å². The van der Waals surface area contributed by atoms with Crippen molar-refractivity contribution in [3.05, 3.63) is 38.9 Å². The highest BCUT2D eigenvalue weighted by molar-refractivity contribution is 5.77. The molecule has 0 spiro atoms. The van der Waals surface area contributed by atoms with Gasteiger partial charge < -0.3 is 9.32 Å². The number of carbonyl (C=O) groups is 1. The van der Waals surface area contributed by atoms with E-state index in [1.165, 1.54) is 22.8 Å². The van der Waals surface area contributed by atoms with Gasteiger partial charge in [-0.2, -0.15) is 0 Å². The van der Waals surface area contributed by atoms with Crippen molar-refractivity contribution in [2.45, 2.75) is 46.1 Å². The molecule has 0 bridgehead atoms. The molecular formula is C17H23N3O5. The number of rotatable bonds is 9. The lowest BCUT2D eigenvalue weighted by Gasteiger charge is -2.20. The smallest absolute Gasteiger partial charge is 0.407 e. The molecule has 2 rings (SSSR count). The number of amides is 1. The van der Waals surface area contributed by atoms with E-state index in [1.807, 2.05) is 11.8 Å². The van der Waals surface area contributed by atoms with Gasteiger partial charge in [0.15, 0.2) is 5.58 Å². The van der Waals surface area contributed by atoms with E-state index in [4.69, 9.17) is 4.42 Å². The molecule has 25 heavy (non-hydrogen) atoms. The number of nitro benzene ring substituents is 1. The summed E-state index contributed by atoms with van der Waals surface area (Å²) < 4.78 is 6.49. The molecule has 0 radical (unpaired) electrons. The molecule has 1 heterocycles. The van der Waals surface area contributed by atoms with Crippen LogP contribution in [0.1, 0.15) is 39.5 Å². The number of fused-ring (bicyclic) bond motifs is 1. The number of aromatic nitrogens is 1. The Hall–Kier alpha value is -2.64. The maximum Gasteiger partial charge on any atom is 0.419 e. The highest BCUT2D eigenvalue weighted by Gasteiger charge is 2.15. The van der Waals surface area contributed by atoms with E-state index in [2.05, 4.69) is 6.92 Å². The van der Waals surface area contributed by atoms with Crippen LogP contribution in [0.5, 0.6) is 0 Å². The van der Waals surface area contributed by atoms with E-state index < -0.39 is 10.7 Å². The van der Waals surface area contributed by atoms with Crippen molar-refractivity contribution in [3.8, 4) is 0 Å². The lowest BCUT2D eigenvalue weighted by Crippen LogP contribution is -2.31. The van der Waals surface area contributed by atoms with Crippen LogP contribution in [0.15, 0.2) is 27.4 Å². The number of hydrogen-bond donors (Lipinski definition) is 0. The van der Waals surface area contributed by atoms with Gasteiger partial charge in [0.25, 0.3) is 5.69 Å². The maximum absolute atomic E-state index is 12.2. The van der Waals surface area contributed by atoms with Gasteiger partial charge in [-0.25, -0.2) is 4.79 Å². The quantitative estimate of drug-likeness (QED) is 0.512. The maximum atomic E-state index is 12.2. The van der Waals surface area contributed by atoms with Crippen LogP contribution >= 0.6 is 0 Å². The number of non-ortho nitro benzene ring substituents is 1. The molecule has 0 saturated heterocycles. The first-order chi connectivity index (χ1) is 12.0. The largest absolute Gasteiger partial charge is 0.419 e. The Balaban J connectivity index is 2.03. The summed E-state index contributed by atoms with van der Waals surface area (Å²) in [5.74, 6) is -0.492. The SMILES string of the molecule is CCCCN(CC)C(=O)CCCn1c(=O)oc2cc([N+](=O)[O-])ccc21. The molecule has 0 saturated carbocycles. The van der Waals surface area contributed by atoms with E-state index in [0.717, 1.165) is 19.4 Å².